The van der Waals surface area contributed by atoms with Gasteiger partial charge in [-0.1, -0.05) is 39.3 Å². The average molecular weight is 409 g/mol. The lowest BCUT2D eigenvalue weighted by Crippen LogP contribution is -2.36. The van der Waals surface area contributed by atoms with Gasteiger partial charge in [0.25, 0.3) is 0 Å². The molecule has 3 aromatic rings. The third-order valence-electron chi connectivity index (χ3n) is 6.29. The van der Waals surface area contributed by atoms with Gasteiger partial charge in [0.15, 0.2) is 0 Å². The Morgan fingerprint density at radius 2 is 1.90 bits per heavy atom. The van der Waals surface area contributed by atoms with Crippen LogP contribution in [0.25, 0.3) is 22.4 Å². The lowest BCUT2D eigenvalue weighted by atomic mass is 9.75. The smallest absolute Gasteiger partial charge is 0.326 e. The first-order valence-corrected chi connectivity index (χ1v) is 10.8. The van der Waals surface area contributed by atoms with E-state index in [0.717, 1.165) is 29.4 Å². The average Bonchev–Trinajstić information content (AvgIpc) is 3.07. The Balaban J connectivity index is 1.62. The molecule has 5 heteroatoms. The summed E-state index contributed by atoms with van der Waals surface area (Å²) in [6.07, 6.45) is 3.18. The third-order valence-corrected chi connectivity index (χ3v) is 6.29. The van der Waals surface area contributed by atoms with Gasteiger partial charge in [0.05, 0.1) is 11.0 Å². The van der Waals surface area contributed by atoms with Gasteiger partial charge in [0, 0.05) is 5.56 Å². The summed E-state index contributed by atoms with van der Waals surface area (Å²) in [7, 11) is 0. The second-order valence-corrected chi connectivity index (χ2v) is 8.87. The van der Waals surface area contributed by atoms with Crippen LogP contribution in [0.5, 0.6) is 0 Å². The van der Waals surface area contributed by atoms with E-state index in [1.54, 1.807) is 12.1 Å². The van der Waals surface area contributed by atoms with Crippen molar-refractivity contribution in [2.24, 2.45) is 17.8 Å². The maximum atomic E-state index is 13.4. The predicted molar refractivity (Wildman–Crippen MR) is 116 cm³/mol. The van der Waals surface area contributed by atoms with Crippen LogP contribution in [0.2, 0.25) is 0 Å². The molecule has 0 radical (unpaired) electrons. The number of halogens is 1. The van der Waals surface area contributed by atoms with E-state index in [1.807, 2.05) is 28.8 Å². The largest absolute Gasteiger partial charge is 0.461 e. The van der Waals surface area contributed by atoms with E-state index in [1.165, 1.54) is 18.6 Å². The van der Waals surface area contributed by atoms with Gasteiger partial charge in [-0.05, 0) is 67.0 Å². The van der Waals surface area contributed by atoms with Gasteiger partial charge in [-0.3, -0.25) is 4.79 Å². The third kappa shape index (κ3) is 4.25. The highest BCUT2D eigenvalue weighted by molar-refractivity contribution is 5.83. The van der Waals surface area contributed by atoms with Gasteiger partial charge < -0.3 is 9.30 Å². The van der Waals surface area contributed by atoms with Gasteiger partial charge in [0.2, 0.25) is 0 Å². The van der Waals surface area contributed by atoms with Crippen LogP contribution in [0.1, 0.15) is 40.0 Å². The number of imidazole rings is 1. The summed E-state index contributed by atoms with van der Waals surface area (Å²) >= 11 is 0. The number of para-hydroxylation sites is 2. The molecule has 1 aromatic heterocycles. The Morgan fingerprint density at radius 3 is 2.63 bits per heavy atom. The molecule has 0 N–H and O–H groups in total. The fourth-order valence-electron chi connectivity index (χ4n) is 4.64. The van der Waals surface area contributed by atoms with Crippen LogP contribution in [0.15, 0.2) is 48.5 Å². The molecule has 3 atom stereocenters. The molecule has 1 heterocycles. The Hall–Kier alpha value is -2.69. The number of ether oxygens (including phenoxy) is 1. The van der Waals surface area contributed by atoms with Crippen molar-refractivity contribution < 1.29 is 13.9 Å². The topological polar surface area (TPSA) is 44.1 Å². The highest BCUT2D eigenvalue weighted by Gasteiger charge is 2.33. The second-order valence-electron chi connectivity index (χ2n) is 8.87. The Morgan fingerprint density at radius 1 is 1.17 bits per heavy atom. The summed E-state index contributed by atoms with van der Waals surface area (Å²) in [6, 6.07) is 13.9. The zero-order valence-corrected chi connectivity index (χ0v) is 17.8. The van der Waals surface area contributed by atoms with E-state index in [4.69, 9.17) is 9.72 Å². The van der Waals surface area contributed by atoms with Crippen molar-refractivity contribution in [2.75, 3.05) is 0 Å². The quantitative estimate of drug-likeness (QED) is 0.498. The monoisotopic (exact) mass is 408 g/mol. The van der Waals surface area contributed by atoms with Crippen LogP contribution in [-0.4, -0.2) is 21.6 Å². The predicted octanol–water partition coefficient (Wildman–Crippen LogP) is 5.85. The minimum Gasteiger partial charge on any atom is -0.461 e. The number of fused-ring (bicyclic) bond motifs is 1. The molecular weight excluding hydrogens is 379 g/mol. The SMILES string of the molecule is CC(C)C1CC[C@@H](C)C[C@H]1OC(=O)Cn1c(-c2ccc(F)cc2)nc2ccccc21. The molecule has 0 spiro atoms. The van der Waals surface area contributed by atoms with Crippen molar-refractivity contribution >= 4 is 17.0 Å². The molecule has 1 aliphatic carbocycles. The van der Waals surface area contributed by atoms with Crippen molar-refractivity contribution in [1.29, 1.82) is 0 Å². The van der Waals surface area contributed by atoms with Crippen molar-refractivity contribution in [3.05, 3.63) is 54.3 Å². The van der Waals surface area contributed by atoms with Gasteiger partial charge in [-0.15, -0.1) is 0 Å². The van der Waals surface area contributed by atoms with Gasteiger partial charge in [-0.25, -0.2) is 9.37 Å². The number of rotatable bonds is 5. The number of hydrogen-bond acceptors (Lipinski definition) is 3. The van der Waals surface area contributed by atoms with Crippen LogP contribution >= 0.6 is 0 Å². The molecule has 0 amide bonds. The first-order chi connectivity index (χ1) is 14.4. The zero-order valence-electron chi connectivity index (χ0n) is 17.8. The van der Waals surface area contributed by atoms with Crippen LogP contribution < -0.4 is 0 Å². The fraction of sp³-hybridized carbons (Fsp3) is 0.440. The molecule has 2 aromatic carbocycles. The van der Waals surface area contributed by atoms with Crippen molar-refractivity contribution in [2.45, 2.75) is 52.7 Å². The lowest BCUT2D eigenvalue weighted by molar-refractivity contribution is -0.156. The zero-order chi connectivity index (χ0) is 21.3. The van der Waals surface area contributed by atoms with Gasteiger partial charge >= 0.3 is 5.97 Å². The highest BCUT2D eigenvalue weighted by Crippen LogP contribution is 2.35. The molecule has 1 unspecified atom stereocenters. The second kappa shape index (κ2) is 8.58. The highest BCUT2D eigenvalue weighted by atomic mass is 19.1. The summed E-state index contributed by atoms with van der Waals surface area (Å²) in [6.45, 7) is 6.73. The summed E-state index contributed by atoms with van der Waals surface area (Å²) < 4.78 is 21.3. The normalized spacial score (nSPS) is 21.8. The van der Waals surface area contributed by atoms with E-state index in [0.29, 0.717) is 23.6 Å². The maximum Gasteiger partial charge on any atom is 0.326 e. The van der Waals surface area contributed by atoms with Crippen LogP contribution in [0.3, 0.4) is 0 Å². The van der Waals surface area contributed by atoms with E-state index < -0.39 is 0 Å². The molecule has 0 aliphatic heterocycles. The molecule has 158 valence electrons. The molecular formula is C25H29FN2O2. The van der Waals surface area contributed by atoms with Crippen LogP contribution in [0.4, 0.5) is 4.39 Å². The number of carbonyl (C=O) groups excluding carboxylic acids is 1. The minimum atomic E-state index is -0.299. The van der Waals surface area contributed by atoms with Crippen molar-refractivity contribution in [1.82, 2.24) is 9.55 Å². The van der Waals surface area contributed by atoms with Crippen molar-refractivity contribution in [3.8, 4) is 11.4 Å². The van der Waals surface area contributed by atoms with E-state index in [-0.39, 0.29) is 24.4 Å². The fourth-order valence-corrected chi connectivity index (χ4v) is 4.64. The Kier molecular flexibility index (Phi) is 5.89. The van der Waals surface area contributed by atoms with E-state index in [9.17, 15) is 9.18 Å². The number of benzene rings is 2. The first-order valence-electron chi connectivity index (χ1n) is 10.8. The molecule has 1 fully saturated rings. The summed E-state index contributed by atoms with van der Waals surface area (Å²) in [4.78, 5) is 17.7. The summed E-state index contributed by atoms with van der Waals surface area (Å²) in [5.74, 6) is 1.56. The molecule has 0 saturated heterocycles. The van der Waals surface area contributed by atoms with E-state index >= 15 is 0 Å². The number of carbonyl (C=O) groups is 1. The number of aromatic nitrogens is 2. The molecule has 1 aliphatic rings. The first kappa shape index (κ1) is 20.6. The lowest BCUT2D eigenvalue weighted by Gasteiger charge is -2.36. The Bertz CT molecular complexity index is 1030. The molecule has 4 rings (SSSR count). The number of esters is 1. The standard InChI is InChI=1S/C25H29FN2O2/c1-16(2)20-13-8-17(3)14-23(20)30-24(29)15-28-22-7-5-4-6-21(22)27-25(28)18-9-11-19(26)12-10-18/h4-7,9-12,16-17,20,23H,8,13-15H2,1-3H3/t17-,20?,23-/m1/s1. The summed E-state index contributed by atoms with van der Waals surface area (Å²) in [5, 5.41) is 0. The summed E-state index contributed by atoms with van der Waals surface area (Å²) in [5.41, 5.74) is 2.44. The van der Waals surface area contributed by atoms with E-state index in [2.05, 4.69) is 20.8 Å². The number of hydrogen-bond donors (Lipinski definition) is 0. The van der Waals surface area contributed by atoms with Gasteiger partial charge in [0.1, 0.15) is 24.3 Å². The Labute approximate surface area is 177 Å². The van der Waals surface area contributed by atoms with Gasteiger partial charge in [-0.2, -0.15) is 0 Å². The minimum absolute atomic E-state index is 0.0368. The number of nitrogens with zero attached hydrogens (tertiary/aromatic N) is 2. The van der Waals surface area contributed by atoms with Crippen molar-refractivity contribution in [3.63, 3.8) is 0 Å². The molecule has 0 bridgehead atoms. The molecule has 1 saturated carbocycles. The van der Waals surface area contributed by atoms with Crippen LogP contribution in [-0.2, 0) is 16.1 Å². The maximum absolute atomic E-state index is 13.4. The molecule has 30 heavy (non-hydrogen) atoms. The van der Waals surface area contributed by atoms with Crippen LogP contribution in [0, 0.1) is 23.6 Å². The molecule has 4 nitrogen and oxygen atoms in total.